The summed E-state index contributed by atoms with van der Waals surface area (Å²) in [5.41, 5.74) is 0.838. The maximum atomic E-state index is 12.2. The Hall–Kier alpha value is -2.88. The second-order valence-corrected chi connectivity index (χ2v) is 4.44. The highest BCUT2D eigenvalue weighted by Gasteiger charge is 2.25. The van der Waals surface area contributed by atoms with Gasteiger partial charge in [0.1, 0.15) is 19.1 Å². The molecular weight excluding hydrogens is 286 g/mol. The predicted octanol–water partition coefficient (Wildman–Crippen LogP) is -0.131. The van der Waals surface area contributed by atoms with Crippen molar-refractivity contribution in [3.05, 3.63) is 35.9 Å². The number of carbonyl (C=O) groups is 3. The van der Waals surface area contributed by atoms with Gasteiger partial charge in [-0.15, -0.1) is 0 Å². The molecule has 1 N–H and O–H groups in total. The quantitative estimate of drug-likeness (QED) is 0.409. The van der Waals surface area contributed by atoms with Gasteiger partial charge >= 0.3 is 5.97 Å². The molecule has 0 saturated heterocycles. The lowest BCUT2D eigenvalue weighted by molar-refractivity contribution is -0.142. The Morgan fingerprint density at radius 2 is 2.09 bits per heavy atom. The number of esters is 1. The van der Waals surface area contributed by atoms with Crippen molar-refractivity contribution < 1.29 is 19.1 Å². The molecule has 1 atom stereocenters. The van der Waals surface area contributed by atoms with Gasteiger partial charge in [-0.1, -0.05) is 30.3 Å². The van der Waals surface area contributed by atoms with Crippen LogP contribution in [0.1, 0.15) is 5.56 Å². The van der Waals surface area contributed by atoms with Crippen LogP contribution in [-0.4, -0.2) is 49.4 Å². The molecule has 0 fully saturated rings. The van der Waals surface area contributed by atoms with E-state index in [1.807, 2.05) is 36.4 Å². The van der Waals surface area contributed by atoms with E-state index in [0.29, 0.717) is 6.41 Å². The van der Waals surface area contributed by atoms with E-state index >= 15 is 0 Å². The molecule has 0 aromatic heterocycles. The third kappa shape index (κ3) is 5.25. The molecule has 7 heteroatoms. The zero-order valence-electron chi connectivity index (χ0n) is 12.2. The monoisotopic (exact) mass is 303 g/mol. The number of ether oxygens (including phenoxy) is 1. The molecule has 0 spiro atoms. The van der Waals surface area contributed by atoms with Crippen molar-refractivity contribution in [1.29, 1.82) is 5.26 Å². The summed E-state index contributed by atoms with van der Waals surface area (Å²) in [6, 6.07) is 10.1. The van der Waals surface area contributed by atoms with E-state index in [1.165, 1.54) is 7.11 Å². The van der Waals surface area contributed by atoms with Crippen LogP contribution >= 0.6 is 0 Å². The van der Waals surface area contributed by atoms with Crippen LogP contribution in [0.4, 0.5) is 0 Å². The number of rotatable bonds is 8. The molecule has 0 saturated carbocycles. The van der Waals surface area contributed by atoms with Gasteiger partial charge in [0.15, 0.2) is 0 Å². The Labute approximate surface area is 128 Å². The summed E-state index contributed by atoms with van der Waals surface area (Å²) in [4.78, 5) is 35.5. The smallest absolute Gasteiger partial charge is 0.325 e. The van der Waals surface area contributed by atoms with E-state index in [-0.39, 0.29) is 19.5 Å². The van der Waals surface area contributed by atoms with Crippen molar-refractivity contribution in [3.8, 4) is 6.07 Å². The van der Waals surface area contributed by atoms with E-state index in [9.17, 15) is 14.4 Å². The number of nitriles is 1. The zero-order valence-corrected chi connectivity index (χ0v) is 12.2. The number of amides is 2. The zero-order chi connectivity index (χ0) is 16.4. The molecule has 0 aliphatic carbocycles. The number of carbonyl (C=O) groups excluding carboxylic acids is 3. The predicted molar refractivity (Wildman–Crippen MR) is 77.3 cm³/mol. The van der Waals surface area contributed by atoms with E-state index in [1.54, 1.807) is 0 Å². The lowest BCUT2D eigenvalue weighted by Crippen LogP contribution is -2.49. The highest BCUT2D eigenvalue weighted by molar-refractivity contribution is 5.87. The maximum Gasteiger partial charge on any atom is 0.325 e. The van der Waals surface area contributed by atoms with Crippen LogP contribution in [0.15, 0.2) is 30.3 Å². The summed E-state index contributed by atoms with van der Waals surface area (Å²) in [6.07, 6.45) is 0.697. The van der Waals surface area contributed by atoms with E-state index < -0.39 is 17.9 Å². The molecule has 116 valence electrons. The number of benzene rings is 1. The van der Waals surface area contributed by atoms with Crippen molar-refractivity contribution in [3.63, 3.8) is 0 Å². The van der Waals surface area contributed by atoms with Crippen LogP contribution in [0.2, 0.25) is 0 Å². The molecular formula is C15H17N3O4. The highest BCUT2D eigenvalue weighted by Crippen LogP contribution is 2.08. The van der Waals surface area contributed by atoms with E-state index in [0.717, 1.165) is 10.5 Å². The number of hydrogen-bond donors (Lipinski definition) is 1. The van der Waals surface area contributed by atoms with Gasteiger partial charge < -0.3 is 15.0 Å². The van der Waals surface area contributed by atoms with Gasteiger partial charge in [0.25, 0.3) is 0 Å². The Kier molecular flexibility index (Phi) is 7.13. The van der Waals surface area contributed by atoms with Crippen LogP contribution < -0.4 is 5.32 Å². The molecule has 1 aromatic carbocycles. The lowest BCUT2D eigenvalue weighted by Gasteiger charge is -2.25. The normalized spacial score (nSPS) is 10.9. The summed E-state index contributed by atoms with van der Waals surface area (Å²) in [7, 11) is 1.21. The number of hydrogen-bond acceptors (Lipinski definition) is 5. The summed E-state index contributed by atoms with van der Waals surface area (Å²) < 4.78 is 4.44. The molecule has 1 rings (SSSR count). The first-order valence-electron chi connectivity index (χ1n) is 6.58. The minimum Gasteiger partial charge on any atom is -0.468 e. The van der Waals surface area contributed by atoms with Crippen molar-refractivity contribution in [2.75, 3.05) is 20.2 Å². The second-order valence-electron chi connectivity index (χ2n) is 4.44. The average Bonchev–Trinajstić information content (AvgIpc) is 2.56. The van der Waals surface area contributed by atoms with Crippen molar-refractivity contribution in [1.82, 2.24) is 10.2 Å². The molecule has 0 radical (unpaired) electrons. The fourth-order valence-electron chi connectivity index (χ4n) is 1.85. The molecule has 0 aliphatic heterocycles. The third-order valence-corrected chi connectivity index (χ3v) is 3.00. The van der Waals surface area contributed by atoms with E-state index in [2.05, 4.69) is 10.1 Å². The summed E-state index contributed by atoms with van der Waals surface area (Å²) >= 11 is 0. The Morgan fingerprint density at radius 3 is 2.64 bits per heavy atom. The summed E-state index contributed by atoms with van der Waals surface area (Å²) in [5.74, 6) is -1.11. The van der Waals surface area contributed by atoms with Gasteiger partial charge in [-0.3, -0.25) is 14.4 Å². The summed E-state index contributed by atoms with van der Waals surface area (Å²) in [6.45, 7) is -0.507. The van der Waals surface area contributed by atoms with Gasteiger partial charge in [0.05, 0.1) is 13.2 Å². The van der Waals surface area contributed by atoms with Crippen molar-refractivity contribution >= 4 is 18.3 Å². The molecule has 0 heterocycles. The van der Waals surface area contributed by atoms with Gasteiger partial charge in [0, 0.05) is 6.42 Å². The van der Waals surface area contributed by atoms with Crippen LogP contribution in [0, 0.1) is 11.3 Å². The Bertz CT molecular complexity index is 554. The average molecular weight is 303 g/mol. The van der Waals surface area contributed by atoms with E-state index in [4.69, 9.17) is 5.26 Å². The minimum atomic E-state index is -0.871. The first-order valence-corrected chi connectivity index (χ1v) is 6.58. The molecule has 7 nitrogen and oxygen atoms in total. The van der Waals surface area contributed by atoms with Gasteiger partial charge in [0.2, 0.25) is 12.3 Å². The summed E-state index contributed by atoms with van der Waals surface area (Å²) in [5, 5.41) is 11.2. The Balaban J connectivity index is 2.85. The fourth-order valence-corrected chi connectivity index (χ4v) is 1.85. The Morgan fingerprint density at radius 1 is 1.41 bits per heavy atom. The molecule has 0 aliphatic rings. The van der Waals surface area contributed by atoms with Gasteiger partial charge in [-0.2, -0.15) is 5.26 Å². The fraction of sp³-hybridized carbons (Fsp3) is 0.333. The largest absolute Gasteiger partial charge is 0.468 e. The third-order valence-electron chi connectivity index (χ3n) is 3.00. The first-order chi connectivity index (χ1) is 10.6. The van der Waals surface area contributed by atoms with Gasteiger partial charge in [-0.05, 0) is 5.56 Å². The highest BCUT2D eigenvalue weighted by atomic mass is 16.5. The van der Waals surface area contributed by atoms with Crippen molar-refractivity contribution in [2.45, 2.75) is 12.5 Å². The lowest BCUT2D eigenvalue weighted by atomic mass is 10.0. The minimum absolute atomic E-state index is 0.216. The standard InChI is InChI=1S/C15H17N3O4/c1-22-14(20)10-17-15(21)13(18(11-19)8-7-16)9-12-5-3-2-4-6-12/h2-6,11,13H,8-10H2,1H3,(H,17,21)/t13-/m0/s1. The van der Waals surface area contributed by atoms with Gasteiger partial charge in [-0.25, -0.2) is 0 Å². The van der Waals surface area contributed by atoms with Crippen LogP contribution in [0.3, 0.4) is 0 Å². The number of nitrogens with one attached hydrogen (secondary N) is 1. The molecule has 1 aromatic rings. The van der Waals surface area contributed by atoms with Crippen LogP contribution in [0.25, 0.3) is 0 Å². The SMILES string of the molecule is COC(=O)CNC(=O)[C@H](Cc1ccccc1)N(C=O)CC#N. The topological polar surface area (TPSA) is 99.5 Å². The van der Waals surface area contributed by atoms with Crippen LogP contribution in [-0.2, 0) is 25.5 Å². The first kappa shape index (κ1) is 17.2. The maximum absolute atomic E-state index is 12.2. The molecule has 0 bridgehead atoms. The number of methoxy groups -OCH3 is 1. The van der Waals surface area contributed by atoms with Crippen molar-refractivity contribution in [2.24, 2.45) is 0 Å². The van der Waals surface area contributed by atoms with Crippen LogP contribution in [0.5, 0.6) is 0 Å². The molecule has 0 unspecified atom stereocenters. The second kappa shape index (κ2) is 9.13. The number of nitrogens with zero attached hydrogens (tertiary/aromatic N) is 2. The molecule has 2 amide bonds. The molecule has 22 heavy (non-hydrogen) atoms.